The number of halogens is 1. The molecule has 0 spiro atoms. The summed E-state index contributed by atoms with van der Waals surface area (Å²) in [5.41, 5.74) is 0. The Bertz CT molecular complexity index is 256. The van der Waals surface area contributed by atoms with Crippen molar-refractivity contribution in [2.45, 2.75) is 0 Å². The molecule has 0 aliphatic heterocycles. The van der Waals surface area contributed by atoms with Gasteiger partial charge in [-0.15, -0.1) is 11.3 Å². The Kier molecular flexibility index (Phi) is 2.59. The first-order chi connectivity index (χ1) is 4.83. The van der Waals surface area contributed by atoms with E-state index in [1.165, 1.54) is 17.4 Å². The highest BCUT2D eigenvalue weighted by atomic mass is 35.5. The fourth-order valence-corrected chi connectivity index (χ4v) is 1.31. The predicted molar refractivity (Wildman–Crippen MR) is 42.2 cm³/mol. The maximum absolute atomic E-state index is 9.84. The van der Waals surface area contributed by atoms with Crippen LogP contribution in [0.3, 0.4) is 0 Å². The van der Waals surface area contributed by atoms with Crippen LogP contribution >= 0.6 is 22.9 Å². The van der Waals surface area contributed by atoms with Gasteiger partial charge in [-0.05, 0) is 12.2 Å². The number of hydrogen-bond donors (Lipinski definition) is 0. The van der Waals surface area contributed by atoms with Gasteiger partial charge in [0, 0.05) is 0 Å². The van der Waals surface area contributed by atoms with E-state index in [1.807, 2.05) is 0 Å². The second kappa shape index (κ2) is 3.49. The van der Waals surface area contributed by atoms with Crippen molar-refractivity contribution in [3.8, 4) is 0 Å². The van der Waals surface area contributed by atoms with Gasteiger partial charge in [0.25, 0.3) is 0 Å². The Morgan fingerprint density at radius 3 is 3.00 bits per heavy atom. The summed E-state index contributed by atoms with van der Waals surface area (Å²) in [6, 6.07) is 0. The Labute approximate surface area is 67.2 Å². The number of thiazole rings is 1. The fraction of sp³-hybridized carbons (Fsp3) is 0. The van der Waals surface area contributed by atoms with Crippen LogP contribution in [0.2, 0.25) is 4.34 Å². The van der Waals surface area contributed by atoms with Crippen LogP contribution in [0.15, 0.2) is 12.3 Å². The Morgan fingerprint density at radius 1 is 1.70 bits per heavy atom. The Balaban J connectivity index is 2.75. The molecule has 0 aliphatic carbocycles. The van der Waals surface area contributed by atoms with Gasteiger partial charge >= 0.3 is 0 Å². The van der Waals surface area contributed by atoms with E-state index >= 15 is 0 Å². The first-order valence-corrected chi connectivity index (χ1v) is 3.75. The van der Waals surface area contributed by atoms with E-state index in [-0.39, 0.29) is 0 Å². The molecule has 0 atom stereocenters. The number of hydrogen-bond acceptors (Lipinski definition) is 3. The molecule has 0 saturated heterocycles. The van der Waals surface area contributed by atoms with Crippen LogP contribution in [-0.2, 0) is 4.79 Å². The van der Waals surface area contributed by atoms with E-state index in [0.29, 0.717) is 10.6 Å². The van der Waals surface area contributed by atoms with Gasteiger partial charge in [-0.2, -0.15) is 0 Å². The average Bonchev–Trinajstić information content (AvgIpc) is 2.31. The number of aromatic nitrogens is 1. The van der Waals surface area contributed by atoms with E-state index < -0.39 is 0 Å². The van der Waals surface area contributed by atoms with Crippen molar-refractivity contribution in [3.05, 3.63) is 21.6 Å². The van der Waals surface area contributed by atoms with Crippen LogP contribution in [0.1, 0.15) is 5.01 Å². The third-order valence-corrected chi connectivity index (χ3v) is 1.89. The van der Waals surface area contributed by atoms with Crippen LogP contribution < -0.4 is 0 Å². The second-order valence-electron chi connectivity index (χ2n) is 1.50. The number of aldehydes is 1. The monoisotopic (exact) mass is 173 g/mol. The smallest absolute Gasteiger partial charge is 0.142 e. The summed E-state index contributed by atoms with van der Waals surface area (Å²) in [5.74, 6) is 0. The number of carbonyl (C=O) groups excluding carboxylic acids is 1. The molecule has 1 heterocycles. The van der Waals surface area contributed by atoms with Crippen LogP contribution in [0.5, 0.6) is 0 Å². The molecule has 1 rings (SSSR count). The van der Waals surface area contributed by atoms with Gasteiger partial charge in [0.1, 0.15) is 15.6 Å². The lowest BCUT2D eigenvalue weighted by molar-refractivity contribution is -0.104. The summed E-state index contributed by atoms with van der Waals surface area (Å²) in [6.07, 6.45) is 5.25. The highest BCUT2D eigenvalue weighted by Gasteiger charge is 1.92. The normalized spacial score (nSPS) is 10.5. The van der Waals surface area contributed by atoms with Gasteiger partial charge in [-0.1, -0.05) is 11.6 Å². The van der Waals surface area contributed by atoms with Crippen molar-refractivity contribution in [1.29, 1.82) is 0 Å². The zero-order valence-electron chi connectivity index (χ0n) is 4.95. The molecule has 0 N–H and O–H groups in total. The third-order valence-electron chi connectivity index (χ3n) is 0.813. The summed E-state index contributed by atoms with van der Waals surface area (Å²) in [6.45, 7) is 0. The summed E-state index contributed by atoms with van der Waals surface area (Å²) in [5, 5.41) is 0.747. The molecule has 0 amide bonds. The first-order valence-electron chi connectivity index (χ1n) is 2.56. The zero-order chi connectivity index (χ0) is 7.40. The maximum Gasteiger partial charge on any atom is 0.142 e. The first kappa shape index (κ1) is 7.44. The van der Waals surface area contributed by atoms with E-state index in [4.69, 9.17) is 11.6 Å². The van der Waals surface area contributed by atoms with E-state index in [9.17, 15) is 4.79 Å². The van der Waals surface area contributed by atoms with Gasteiger partial charge in [-0.3, -0.25) is 4.79 Å². The third kappa shape index (κ3) is 1.93. The highest BCUT2D eigenvalue weighted by Crippen LogP contribution is 2.18. The van der Waals surface area contributed by atoms with Crippen LogP contribution in [-0.4, -0.2) is 11.3 Å². The minimum atomic E-state index is 0.630. The molecular weight excluding hydrogens is 170 g/mol. The molecule has 0 aromatic carbocycles. The average molecular weight is 174 g/mol. The number of rotatable bonds is 2. The molecule has 0 saturated carbocycles. The standard InChI is InChI=1S/C6H4ClNOS/c7-5-4-8-6(10-5)2-1-3-9/h1-4H/b2-1+. The van der Waals surface area contributed by atoms with Gasteiger partial charge in [-0.25, -0.2) is 4.98 Å². The van der Waals surface area contributed by atoms with Crippen molar-refractivity contribution in [1.82, 2.24) is 4.98 Å². The van der Waals surface area contributed by atoms with Crippen LogP contribution in [0, 0.1) is 0 Å². The molecule has 0 unspecified atom stereocenters. The number of carbonyl (C=O) groups is 1. The number of nitrogens with zero attached hydrogens (tertiary/aromatic N) is 1. The molecule has 0 bridgehead atoms. The van der Waals surface area contributed by atoms with E-state index in [2.05, 4.69) is 4.98 Å². The maximum atomic E-state index is 9.84. The van der Waals surface area contributed by atoms with E-state index in [0.717, 1.165) is 5.01 Å². The molecule has 0 fully saturated rings. The van der Waals surface area contributed by atoms with Crippen molar-refractivity contribution in [2.24, 2.45) is 0 Å². The van der Waals surface area contributed by atoms with Crippen molar-refractivity contribution in [3.63, 3.8) is 0 Å². The van der Waals surface area contributed by atoms with Crippen LogP contribution in [0.4, 0.5) is 0 Å². The molecule has 52 valence electrons. The minimum Gasteiger partial charge on any atom is -0.299 e. The van der Waals surface area contributed by atoms with Gasteiger partial charge < -0.3 is 0 Å². The van der Waals surface area contributed by atoms with Crippen LogP contribution in [0.25, 0.3) is 6.08 Å². The lowest BCUT2D eigenvalue weighted by atomic mass is 10.5. The second-order valence-corrected chi connectivity index (χ2v) is 3.19. The van der Waals surface area contributed by atoms with Crippen molar-refractivity contribution < 1.29 is 4.79 Å². The van der Waals surface area contributed by atoms with Gasteiger partial charge in [0.05, 0.1) is 6.20 Å². The quantitative estimate of drug-likeness (QED) is 0.506. The summed E-state index contributed by atoms with van der Waals surface area (Å²) in [7, 11) is 0. The molecule has 0 radical (unpaired) electrons. The molecular formula is C6H4ClNOS. The molecule has 2 nitrogen and oxygen atoms in total. The van der Waals surface area contributed by atoms with Gasteiger partial charge in [0.15, 0.2) is 0 Å². The van der Waals surface area contributed by atoms with Crippen molar-refractivity contribution in [2.75, 3.05) is 0 Å². The zero-order valence-corrected chi connectivity index (χ0v) is 6.52. The lowest BCUT2D eigenvalue weighted by Crippen LogP contribution is -1.64. The largest absolute Gasteiger partial charge is 0.299 e. The summed E-state index contributed by atoms with van der Waals surface area (Å²) >= 11 is 6.91. The molecule has 10 heavy (non-hydrogen) atoms. The summed E-state index contributed by atoms with van der Waals surface area (Å²) < 4.78 is 0.630. The van der Waals surface area contributed by atoms with Gasteiger partial charge in [0.2, 0.25) is 0 Å². The topological polar surface area (TPSA) is 30.0 Å². The number of allylic oxidation sites excluding steroid dienone is 1. The fourth-order valence-electron chi connectivity index (χ4n) is 0.466. The molecule has 0 aliphatic rings. The van der Waals surface area contributed by atoms with E-state index in [1.54, 1.807) is 12.3 Å². The SMILES string of the molecule is O=C/C=C/c1ncc(Cl)s1. The minimum absolute atomic E-state index is 0.630. The Morgan fingerprint density at radius 2 is 2.50 bits per heavy atom. The summed E-state index contributed by atoms with van der Waals surface area (Å²) in [4.78, 5) is 13.7. The highest BCUT2D eigenvalue weighted by molar-refractivity contribution is 7.16. The van der Waals surface area contributed by atoms with Crippen molar-refractivity contribution >= 4 is 35.3 Å². The molecule has 1 aromatic rings. The predicted octanol–water partition coefficient (Wildman–Crippen LogP) is 2.01. The molecule has 1 aromatic heterocycles. The lowest BCUT2D eigenvalue weighted by Gasteiger charge is -1.74. The Hall–Kier alpha value is -0.670. The molecule has 4 heteroatoms.